The Hall–Kier alpha value is -4.67. The van der Waals surface area contributed by atoms with Gasteiger partial charge in [0.1, 0.15) is 23.7 Å². The molecule has 10 nitrogen and oxygen atoms in total. The Bertz CT molecular complexity index is 1830. The highest BCUT2D eigenvalue weighted by Crippen LogP contribution is 2.56. The van der Waals surface area contributed by atoms with Crippen molar-refractivity contribution in [1.82, 2.24) is 10.1 Å². The third kappa shape index (κ3) is 3.48. The molecule has 10 heteroatoms. The van der Waals surface area contributed by atoms with Crippen LogP contribution in [0.3, 0.4) is 0 Å². The smallest absolute Gasteiger partial charge is 0.265 e. The topological polar surface area (TPSA) is 159 Å². The first-order chi connectivity index (χ1) is 20.1. The van der Waals surface area contributed by atoms with Gasteiger partial charge in [-0.25, -0.2) is 0 Å². The van der Waals surface area contributed by atoms with Crippen molar-refractivity contribution in [3.63, 3.8) is 0 Å². The van der Waals surface area contributed by atoms with Crippen LogP contribution in [0.2, 0.25) is 0 Å². The highest BCUT2D eigenvalue weighted by atomic mass is 16.5. The van der Waals surface area contributed by atoms with Crippen LogP contribution in [0.4, 0.5) is 5.69 Å². The summed E-state index contributed by atoms with van der Waals surface area (Å²) in [6, 6.07) is 15.5. The summed E-state index contributed by atoms with van der Waals surface area (Å²) in [6.45, 7) is 0.0953. The molecule has 4 aromatic rings. The minimum atomic E-state index is -2.51. The monoisotopic (exact) mass is 567 g/mol. The minimum absolute atomic E-state index is 0.0719. The van der Waals surface area contributed by atoms with Crippen LogP contribution in [0.15, 0.2) is 64.7 Å². The molecule has 1 heterocycles. The molecule has 1 saturated carbocycles. The van der Waals surface area contributed by atoms with Gasteiger partial charge in [-0.2, -0.15) is 0 Å². The van der Waals surface area contributed by atoms with E-state index >= 15 is 0 Å². The fourth-order valence-corrected chi connectivity index (χ4v) is 7.07. The van der Waals surface area contributed by atoms with Crippen molar-refractivity contribution in [2.45, 2.75) is 31.1 Å². The molecule has 5 N–H and O–H groups in total. The number of nitrogens with two attached hydrogens (primary N) is 1. The predicted octanol–water partition coefficient (Wildman–Crippen LogP) is 3.96. The van der Waals surface area contributed by atoms with E-state index in [9.17, 15) is 24.9 Å². The standard InChI is InChI=1S/C32H29N3O7/c1-35(2)25-20-13-17-11-16-12-19-18(9-6-10-21(19)33)26(36)22(16)27(37)23(17)29(38)32(20,40)30(39)24-28(25)42-34-31(24)41-14-15-7-4-3-5-8-15/h3-10,12,17,20,25,36-37,40H,11,13-14,33H2,1-2H3/t17-,20-,25-,32-/m0/s1. The summed E-state index contributed by atoms with van der Waals surface area (Å²) in [7, 11) is 3.54. The van der Waals surface area contributed by atoms with Crippen LogP contribution in [0.1, 0.15) is 45.3 Å². The predicted molar refractivity (Wildman–Crippen MR) is 153 cm³/mol. The molecular formula is C32H29N3O7. The van der Waals surface area contributed by atoms with E-state index in [4.69, 9.17) is 15.0 Å². The molecule has 3 aliphatic carbocycles. The number of phenolic OH excluding ortho intramolecular Hbond substituents is 1. The van der Waals surface area contributed by atoms with Crippen LogP contribution in [0.25, 0.3) is 16.5 Å². The average molecular weight is 568 g/mol. The second-order valence-corrected chi connectivity index (χ2v) is 11.5. The number of fused-ring (bicyclic) bond motifs is 5. The summed E-state index contributed by atoms with van der Waals surface area (Å²) in [4.78, 5) is 30.2. The van der Waals surface area contributed by atoms with Gasteiger partial charge in [-0.05, 0) is 61.3 Å². The lowest BCUT2D eigenvalue weighted by Crippen LogP contribution is -2.63. The Balaban J connectivity index is 1.35. The van der Waals surface area contributed by atoms with Gasteiger partial charge in [0.2, 0.25) is 11.6 Å². The van der Waals surface area contributed by atoms with Crippen LogP contribution >= 0.6 is 0 Å². The lowest BCUT2D eigenvalue weighted by Gasteiger charge is -2.49. The van der Waals surface area contributed by atoms with Crippen molar-refractivity contribution >= 4 is 33.8 Å². The Kier molecular flexibility index (Phi) is 5.73. The maximum atomic E-state index is 14.3. The number of hydrogen-bond acceptors (Lipinski definition) is 10. The summed E-state index contributed by atoms with van der Waals surface area (Å²) in [5.74, 6) is -3.72. The number of ketones is 2. The van der Waals surface area contributed by atoms with Crippen molar-refractivity contribution in [2.24, 2.45) is 11.8 Å². The van der Waals surface area contributed by atoms with Crippen molar-refractivity contribution < 1.29 is 34.2 Å². The van der Waals surface area contributed by atoms with Gasteiger partial charge >= 0.3 is 0 Å². The summed E-state index contributed by atoms with van der Waals surface area (Å²) < 4.78 is 11.5. The summed E-state index contributed by atoms with van der Waals surface area (Å²) in [6.07, 6.45) is 0.493. The number of aliphatic hydroxyl groups is 2. The van der Waals surface area contributed by atoms with Crippen LogP contribution in [0.5, 0.6) is 11.6 Å². The lowest BCUT2D eigenvalue weighted by atomic mass is 9.57. The van der Waals surface area contributed by atoms with Gasteiger partial charge in [-0.15, -0.1) is 0 Å². The third-order valence-electron chi connectivity index (χ3n) is 8.99. The summed E-state index contributed by atoms with van der Waals surface area (Å²) >= 11 is 0. The number of nitrogens with zero attached hydrogens (tertiary/aromatic N) is 2. The van der Waals surface area contributed by atoms with Crippen LogP contribution in [-0.2, 0) is 17.8 Å². The molecule has 42 heavy (non-hydrogen) atoms. The summed E-state index contributed by atoms with van der Waals surface area (Å²) in [5.41, 5.74) is 5.56. The van der Waals surface area contributed by atoms with Gasteiger partial charge in [0, 0.05) is 28.0 Å². The number of rotatable bonds is 4. The molecule has 0 spiro atoms. The SMILES string of the molecule is CN(C)[C@@H]1c2onc(OCc3ccccc3)c2C(=O)[C@@]2(O)C(=O)C3=C(O)c4c(cc5c(N)cccc5c4O)C[C@H]3C[C@@H]12. The van der Waals surface area contributed by atoms with Gasteiger partial charge in [0.05, 0.1) is 11.6 Å². The zero-order valence-electron chi connectivity index (χ0n) is 23.0. The molecule has 0 aliphatic heterocycles. The number of nitrogen functional groups attached to an aromatic ring is 1. The molecule has 0 saturated heterocycles. The molecule has 3 aromatic carbocycles. The van der Waals surface area contributed by atoms with Crippen molar-refractivity contribution in [3.05, 3.63) is 88.2 Å². The normalized spacial score (nSPS) is 24.8. The third-order valence-corrected chi connectivity index (χ3v) is 8.99. The number of hydrogen-bond donors (Lipinski definition) is 4. The van der Waals surface area contributed by atoms with Crippen LogP contribution in [-0.4, -0.2) is 56.6 Å². The fourth-order valence-electron chi connectivity index (χ4n) is 7.07. The van der Waals surface area contributed by atoms with Crippen LogP contribution < -0.4 is 10.5 Å². The number of aromatic nitrogens is 1. The van der Waals surface area contributed by atoms with E-state index < -0.39 is 40.8 Å². The number of carbonyl (C=O) groups is 2. The van der Waals surface area contributed by atoms with Crippen molar-refractivity contribution in [2.75, 3.05) is 19.8 Å². The number of anilines is 1. The highest BCUT2D eigenvalue weighted by Gasteiger charge is 2.65. The quantitative estimate of drug-likeness (QED) is 0.210. The molecule has 4 atom stereocenters. The van der Waals surface area contributed by atoms with Gasteiger partial charge in [-0.1, -0.05) is 42.5 Å². The number of phenols is 1. The van der Waals surface area contributed by atoms with Gasteiger partial charge in [0.25, 0.3) is 5.88 Å². The van der Waals surface area contributed by atoms with E-state index in [-0.39, 0.29) is 47.1 Å². The minimum Gasteiger partial charge on any atom is -0.507 e. The first-order valence-electron chi connectivity index (χ1n) is 13.7. The number of Topliss-reactive ketones (excluding diaryl/α,β-unsaturated/α-hetero) is 2. The zero-order valence-corrected chi connectivity index (χ0v) is 23.0. The second-order valence-electron chi connectivity index (χ2n) is 11.5. The number of ether oxygens (including phenoxy) is 1. The van der Waals surface area contributed by atoms with E-state index in [1.165, 1.54) is 0 Å². The Morgan fingerprint density at radius 2 is 1.81 bits per heavy atom. The lowest BCUT2D eigenvalue weighted by molar-refractivity contribution is -0.142. The molecule has 0 bridgehead atoms. The zero-order chi connectivity index (χ0) is 29.5. The average Bonchev–Trinajstić information content (AvgIpc) is 3.38. The Morgan fingerprint density at radius 3 is 2.55 bits per heavy atom. The van der Waals surface area contributed by atoms with Gasteiger partial charge in [-0.3, -0.25) is 14.5 Å². The molecule has 1 aromatic heterocycles. The molecule has 0 unspecified atom stereocenters. The molecule has 3 aliphatic rings. The second kappa shape index (κ2) is 9.17. The molecule has 214 valence electrons. The molecule has 0 amide bonds. The largest absolute Gasteiger partial charge is 0.507 e. The number of aliphatic hydroxyl groups excluding tert-OH is 1. The van der Waals surface area contributed by atoms with E-state index in [2.05, 4.69) is 5.16 Å². The number of aromatic hydroxyl groups is 1. The van der Waals surface area contributed by atoms with E-state index in [0.29, 0.717) is 28.4 Å². The molecule has 0 radical (unpaired) electrons. The Morgan fingerprint density at radius 1 is 1.05 bits per heavy atom. The number of benzene rings is 3. The highest BCUT2D eigenvalue weighted by molar-refractivity contribution is 6.26. The van der Waals surface area contributed by atoms with E-state index in [1.807, 2.05) is 36.4 Å². The molecule has 1 fully saturated rings. The van der Waals surface area contributed by atoms with Crippen LogP contribution in [0, 0.1) is 11.8 Å². The fraction of sp³-hybridized carbons (Fsp3) is 0.281. The Labute approximate surface area is 240 Å². The maximum Gasteiger partial charge on any atom is 0.265 e. The number of carbonyl (C=O) groups excluding carboxylic acids is 2. The van der Waals surface area contributed by atoms with Crippen molar-refractivity contribution in [3.8, 4) is 11.6 Å². The van der Waals surface area contributed by atoms with Gasteiger partial charge in [0.15, 0.2) is 11.4 Å². The van der Waals surface area contributed by atoms with E-state index in [1.54, 1.807) is 37.2 Å². The van der Waals surface area contributed by atoms with Crippen molar-refractivity contribution in [1.29, 1.82) is 0 Å². The first kappa shape index (κ1) is 26.2. The van der Waals surface area contributed by atoms with Gasteiger partial charge < -0.3 is 30.3 Å². The molecular weight excluding hydrogens is 538 g/mol. The first-order valence-corrected chi connectivity index (χ1v) is 13.7. The maximum absolute atomic E-state index is 14.3. The summed E-state index contributed by atoms with van der Waals surface area (Å²) in [5, 5.41) is 39.9. The molecule has 7 rings (SSSR count). The van der Waals surface area contributed by atoms with E-state index in [0.717, 1.165) is 5.56 Å².